The number of esters is 3. The number of aliphatic hydroxyl groups is 2. The van der Waals surface area contributed by atoms with Gasteiger partial charge in [-0.1, -0.05) is 353 Å². The molecule has 0 aromatic rings. The molecule has 0 aromatic carbocycles. The summed E-state index contributed by atoms with van der Waals surface area (Å²) < 4.78 is 61.3. The van der Waals surface area contributed by atoms with Crippen molar-refractivity contribution in [1.82, 2.24) is 0 Å². The number of phosphoric ester groups is 2. The fraction of sp³-hybridized carbons (Fsp3) is 0.719. The molecule has 107 heavy (non-hydrogen) atoms. The summed E-state index contributed by atoms with van der Waals surface area (Å²) in [6, 6.07) is 0. The van der Waals surface area contributed by atoms with Crippen LogP contribution in [0.2, 0.25) is 0 Å². The highest BCUT2D eigenvalue weighted by molar-refractivity contribution is 7.47. The summed E-state index contributed by atoms with van der Waals surface area (Å²) in [7, 11) is -9.79. The number of carbonyl (C=O) groups is 3. The van der Waals surface area contributed by atoms with Gasteiger partial charge >= 0.3 is 33.6 Å². The van der Waals surface area contributed by atoms with Crippen molar-refractivity contribution in [2.24, 2.45) is 0 Å². The maximum Gasteiger partial charge on any atom is 0.472 e. The molecule has 5 atom stereocenters. The Hall–Kier alpha value is -4.31. The zero-order chi connectivity index (χ0) is 78.0. The van der Waals surface area contributed by atoms with Crippen molar-refractivity contribution in [1.29, 1.82) is 0 Å². The summed E-state index contributed by atoms with van der Waals surface area (Å²) in [5.74, 6) is -1.57. The number of carbonyl (C=O) groups excluding carboxylic acids is 3. The van der Waals surface area contributed by atoms with Gasteiger partial charge in [-0.05, 0) is 116 Å². The third-order valence-electron chi connectivity index (χ3n) is 17.9. The Kier molecular flexibility index (Phi) is 77.9. The molecule has 0 saturated carbocycles. The lowest BCUT2D eigenvalue weighted by atomic mass is 10.0. The molecule has 0 spiro atoms. The monoisotopic (exact) mass is 1540 g/mol. The number of hydrogen-bond acceptors (Lipinski definition) is 14. The maximum atomic E-state index is 13.0. The van der Waals surface area contributed by atoms with E-state index in [2.05, 4.69) is 154 Å². The van der Waals surface area contributed by atoms with Gasteiger partial charge in [0, 0.05) is 19.3 Å². The molecule has 16 nitrogen and oxygen atoms in total. The van der Waals surface area contributed by atoms with Gasteiger partial charge in [0.2, 0.25) is 0 Å². The molecule has 0 aliphatic rings. The van der Waals surface area contributed by atoms with Crippen molar-refractivity contribution in [3.63, 3.8) is 0 Å². The topological polar surface area (TPSA) is 231 Å². The Morgan fingerprint density at radius 2 is 0.495 bits per heavy atom. The van der Waals surface area contributed by atoms with Gasteiger partial charge in [-0.15, -0.1) is 0 Å². The summed E-state index contributed by atoms with van der Waals surface area (Å²) in [5, 5.41) is 20.7. The molecule has 18 heteroatoms. The first-order valence-corrected chi connectivity index (χ1v) is 45.5. The van der Waals surface area contributed by atoms with E-state index < -0.39 is 91.5 Å². The quantitative estimate of drug-likeness (QED) is 0.0146. The second kappa shape index (κ2) is 81.2. The highest BCUT2D eigenvalue weighted by Gasteiger charge is 2.29. The lowest BCUT2D eigenvalue weighted by molar-refractivity contribution is -0.161. The summed E-state index contributed by atoms with van der Waals surface area (Å²) >= 11 is 0. The predicted octanol–water partition coefficient (Wildman–Crippen LogP) is 25.4. The van der Waals surface area contributed by atoms with Crippen LogP contribution >= 0.6 is 15.6 Å². The van der Waals surface area contributed by atoms with E-state index in [1.54, 1.807) is 0 Å². The second-order valence-corrected chi connectivity index (χ2v) is 31.1. The molecule has 0 radical (unpaired) electrons. The van der Waals surface area contributed by atoms with Crippen LogP contribution < -0.4 is 0 Å². The van der Waals surface area contributed by atoms with Gasteiger partial charge in [-0.25, -0.2) is 9.13 Å². The molecule has 0 bridgehead atoms. The van der Waals surface area contributed by atoms with Gasteiger partial charge in [0.1, 0.15) is 25.4 Å². The van der Waals surface area contributed by atoms with E-state index >= 15 is 0 Å². The molecular formula is C89H154O16P2. The predicted molar refractivity (Wildman–Crippen MR) is 445 cm³/mol. The highest BCUT2D eigenvalue weighted by atomic mass is 31.2. The van der Waals surface area contributed by atoms with Crippen LogP contribution in [0.15, 0.2) is 134 Å². The van der Waals surface area contributed by atoms with Crippen molar-refractivity contribution in [2.75, 3.05) is 39.6 Å². The normalized spacial score (nSPS) is 14.6. The van der Waals surface area contributed by atoms with Crippen molar-refractivity contribution >= 4 is 33.6 Å². The Bertz CT molecular complexity index is 2480. The zero-order valence-corrected chi connectivity index (χ0v) is 69.3. The summed E-state index contributed by atoms with van der Waals surface area (Å²) in [5.41, 5.74) is 0. The first-order valence-electron chi connectivity index (χ1n) is 42.5. The molecule has 0 saturated heterocycles. The summed E-state index contributed by atoms with van der Waals surface area (Å²) in [6.45, 7) is 2.49. The fourth-order valence-electron chi connectivity index (χ4n) is 11.5. The summed E-state index contributed by atoms with van der Waals surface area (Å²) in [4.78, 5) is 58.8. The number of allylic oxidation sites excluding steroid dienone is 22. The Morgan fingerprint density at radius 3 is 0.785 bits per heavy atom. The molecule has 0 aliphatic carbocycles. The van der Waals surface area contributed by atoms with Crippen LogP contribution in [0.1, 0.15) is 355 Å². The third-order valence-corrected chi connectivity index (χ3v) is 19.8. The average molecular weight is 1540 g/mol. The van der Waals surface area contributed by atoms with Gasteiger partial charge in [0.05, 0.1) is 26.4 Å². The Labute approximate surface area is 652 Å². The Morgan fingerprint density at radius 1 is 0.271 bits per heavy atom. The van der Waals surface area contributed by atoms with Gasteiger partial charge in [0.25, 0.3) is 0 Å². The molecule has 616 valence electrons. The van der Waals surface area contributed by atoms with Gasteiger partial charge in [-0.2, -0.15) is 0 Å². The minimum absolute atomic E-state index is 0.104. The van der Waals surface area contributed by atoms with Crippen molar-refractivity contribution in [2.45, 2.75) is 373 Å². The molecule has 0 rings (SSSR count). The first-order chi connectivity index (χ1) is 52.2. The SMILES string of the molecule is CC/C=C\C/C=C\C/C=C\C/C=C\C/C=C\C/C=C\CCCCCCCCCCCCCCCCC(=O)OCC(O)COP(=O)(O)OCC(O)COP(=O)(O)OCC(COC(=O)CCCCCCCCC/C=C\C/C=C\C/C=C\C/C=C\C/C=C\CC)OC(=O)CCCCCCCCCCCCCCCCC. The number of aliphatic hydroxyl groups excluding tert-OH is 2. The molecule has 0 heterocycles. The van der Waals surface area contributed by atoms with Crippen LogP contribution in [-0.4, -0.2) is 95.9 Å². The van der Waals surface area contributed by atoms with E-state index in [0.29, 0.717) is 19.3 Å². The number of ether oxygens (including phenoxy) is 3. The van der Waals surface area contributed by atoms with Crippen molar-refractivity contribution in [3.05, 3.63) is 134 Å². The van der Waals surface area contributed by atoms with Gasteiger partial charge < -0.3 is 34.2 Å². The van der Waals surface area contributed by atoms with Gasteiger partial charge in [-0.3, -0.25) is 32.5 Å². The lowest BCUT2D eigenvalue weighted by Gasteiger charge is -2.21. The highest BCUT2D eigenvalue weighted by Crippen LogP contribution is 2.45. The van der Waals surface area contributed by atoms with Crippen LogP contribution in [0.3, 0.4) is 0 Å². The first kappa shape index (κ1) is 103. The van der Waals surface area contributed by atoms with Gasteiger partial charge in [0.15, 0.2) is 6.10 Å². The molecule has 0 fully saturated rings. The lowest BCUT2D eigenvalue weighted by Crippen LogP contribution is -2.30. The van der Waals surface area contributed by atoms with E-state index in [0.717, 1.165) is 167 Å². The minimum Gasteiger partial charge on any atom is -0.463 e. The molecule has 4 N–H and O–H groups in total. The zero-order valence-electron chi connectivity index (χ0n) is 67.5. The fourth-order valence-corrected chi connectivity index (χ4v) is 13.1. The standard InChI is InChI=1S/C89H154O16P2/c1-4-7-10-13-16-19-22-25-28-30-32-34-36-37-38-39-40-41-42-43-44-45-47-49-50-52-55-57-60-63-66-69-72-75-87(92)99-78-84(90)79-101-106(95,96)102-80-85(91)81-103-107(97,98)104-83-86(105-89(94)77-74-71-68-65-62-59-54-27-24-21-18-15-12-9-6-3)82-100-88(93)76-73-70-67-64-61-58-56-53-51-48-46-35-33-31-29-26-23-20-17-14-11-8-5-2/h7-8,10-11,16-17,19-20,25-26,28-29,32-35,37-38,40-41,48,51,84-86,90-91H,4-6,9,12-15,18,21-24,27,30-31,36,39,42-47,49-50,52-83H2,1-3H3,(H,95,96)(H,97,98)/b10-7-,11-8-,19-16-,20-17-,28-25-,29-26-,34-32-,35-33-,38-37-,41-40-,51-48-. The van der Waals surface area contributed by atoms with Crippen molar-refractivity contribution in [3.8, 4) is 0 Å². The van der Waals surface area contributed by atoms with Crippen LogP contribution in [0.5, 0.6) is 0 Å². The number of hydrogen-bond donors (Lipinski definition) is 4. The van der Waals surface area contributed by atoms with Crippen LogP contribution in [-0.2, 0) is 55.8 Å². The largest absolute Gasteiger partial charge is 0.472 e. The van der Waals surface area contributed by atoms with E-state index in [9.17, 15) is 43.5 Å². The molecule has 0 amide bonds. The smallest absolute Gasteiger partial charge is 0.463 e. The van der Waals surface area contributed by atoms with E-state index in [4.69, 9.17) is 32.3 Å². The van der Waals surface area contributed by atoms with E-state index in [1.165, 1.54) is 128 Å². The van der Waals surface area contributed by atoms with E-state index in [1.807, 2.05) is 0 Å². The molecule has 0 aromatic heterocycles. The third kappa shape index (κ3) is 82.5. The van der Waals surface area contributed by atoms with Crippen LogP contribution in [0, 0.1) is 0 Å². The molecule has 5 unspecified atom stereocenters. The average Bonchev–Trinajstić information content (AvgIpc) is 0.908. The van der Waals surface area contributed by atoms with Crippen LogP contribution in [0.4, 0.5) is 0 Å². The number of phosphoric acid groups is 2. The Balaban J connectivity index is 4.47. The van der Waals surface area contributed by atoms with Crippen molar-refractivity contribution < 1.29 is 75.8 Å². The number of rotatable bonds is 80. The number of unbranched alkanes of at least 4 members (excludes halogenated alkanes) is 35. The maximum absolute atomic E-state index is 13.0. The summed E-state index contributed by atoms with van der Waals surface area (Å²) in [6.07, 6.45) is 99.3. The van der Waals surface area contributed by atoms with Crippen LogP contribution in [0.25, 0.3) is 0 Å². The second-order valence-electron chi connectivity index (χ2n) is 28.2. The molecule has 0 aliphatic heterocycles. The molecular weight excluding hydrogens is 1390 g/mol. The minimum atomic E-state index is -4.93. The van der Waals surface area contributed by atoms with E-state index in [-0.39, 0.29) is 19.3 Å².